The number of aromatic nitrogens is 1. The van der Waals surface area contributed by atoms with E-state index in [0.29, 0.717) is 16.4 Å². The number of hydrogen-bond acceptors (Lipinski definition) is 6. The Kier molecular flexibility index (Phi) is 5.25. The van der Waals surface area contributed by atoms with Gasteiger partial charge in [-0.05, 0) is 55.0 Å². The van der Waals surface area contributed by atoms with Gasteiger partial charge in [-0.25, -0.2) is 4.98 Å². The standard InChI is InChI=1S/C21H19NO4S/c23-18(16-10-9-14-5-1-2-6-15(14)11-16)12-25-20(24)13-27-21-22-17-7-3-4-8-19(17)26-21/h3-4,7-11H,1-2,5-6,12-13H2. The van der Waals surface area contributed by atoms with Crippen LogP contribution >= 0.6 is 11.8 Å². The van der Waals surface area contributed by atoms with E-state index >= 15 is 0 Å². The molecule has 0 fully saturated rings. The summed E-state index contributed by atoms with van der Waals surface area (Å²) in [5.74, 6) is -0.596. The molecule has 0 aliphatic heterocycles. The van der Waals surface area contributed by atoms with Gasteiger partial charge in [0, 0.05) is 5.56 Å². The largest absolute Gasteiger partial charge is 0.457 e. The molecule has 6 heteroatoms. The monoisotopic (exact) mass is 381 g/mol. The van der Waals surface area contributed by atoms with Crippen LogP contribution in [0.5, 0.6) is 0 Å². The van der Waals surface area contributed by atoms with Gasteiger partial charge in [-0.2, -0.15) is 0 Å². The Morgan fingerprint density at radius 1 is 1.07 bits per heavy atom. The van der Waals surface area contributed by atoms with Gasteiger partial charge in [0.2, 0.25) is 0 Å². The summed E-state index contributed by atoms with van der Waals surface area (Å²) < 4.78 is 10.7. The molecule has 0 saturated carbocycles. The lowest BCUT2D eigenvalue weighted by Gasteiger charge is -2.16. The number of hydrogen-bond donors (Lipinski definition) is 0. The summed E-state index contributed by atoms with van der Waals surface area (Å²) in [6.45, 7) is -0.244. The van der Waals surface area contributed by atoms with Crippen molar-refractivity contribution in [2.45, 2.75) is 30.9 Å². The number of rotatable bonds is 6. The number of ether oxygens (including phenoxy) is 1. The minimum absolute atomic E-state index is 0.0459. The molecule has 138 valence electrons. The van der Waals surface area contributed by atoms with Crippen LogP contribution in [0.15, 0.2) is 52.1 Å². The lowest BCUT2D eigenvalue weighted by molar-refractivity contribution is -0.139. The van der Waals surface area contributed by atoms with E-state index in [0.717, 1.165) is 36.5 Å². The molecule has 0 saturated heterocycles. The molecule has 5 nitrogen and oxygen atoms in total. The maximum Gasteiger partial charge on any atom is 0.316 e. The second-order valence-corrected chi connectivity index (χ2v) is 7.44. The van der Waals surface area contributed by atoms with Crippen LogP contribution in [-0.4, -0.2) is 29.1 Å². The molecule has 0 atom stereocenters. The van der Waals surface area contributed by atoms with Gasteiger partial charge in [0.1, 0.15) is 11.3 Å². The van der Waals surface area contributed by atoms with Gasteiger partial charge < -0.3 is 9.15 Å². The van der Waals surface area contributed by atoms with Crippen molar-refractivity contribution in [2.75, 3.05) is 12.4 Å². The number of aryl methyl sites for hydroxylation is 2. The van der Waals surface area contributed by atoms with Gasteiger partial charge >= 0.3 is 5.97 Å². The smallest absolute Gasteiger partial charge is 0.316 e. The number of thioether (sulfide) groups is 1. The first kappa shape index (κ1) is 17.8. The van der Waals surface area contributed by atoms with Crippen LogP contribution in [0.4, 0.5) is 0 Å². The predicted molar refractivity (Wildman–Crippen MR) is 103 cm³/mol. The summed E-state index contributed by atoms with van der Waals surface area (Å²) in [6, 6.07) is 13.2. The summed E-state index contributed by atoms with van der Waals surface area (Å²) >= 11 is 1.16. The number of benzene rings is 2. The summed E-state index contributed by atoms with van der Waals surface area (Å²) in [5, 5.41) is 0.411. The van der Waals surface area contributed by atoms with E-state index < -0.39 is 5.97 Å². The fraction of sp³-hybridized carbons (Fsp3) is 0.286. The lowest BCUT2D eigenvalue weighted by atomic mass is 9.90. The fourth-order valence-corrected chi connectivity index (χ4v) is 3.85. The van der Waals surface area contributed by atoms with Crippen LogP contribution in [0.1, 0.15) is 34.3 Å². The minimum atomic E-state index is -0.464. The molecule has 1 aromatic heterocycles. The van der Waals surface area contributed by atoms with E-state index in [1.54, 1.807) is 0 Å². The van der Waals surface area contributed by atoms with Gasteiger partial charge in [-0.3, -0.25) is 9.59 Å². The maximum atomic E-state index is 12.3. The molecule has 0 unspecified atom stereocenters. The Morgan fingerprint density at radius 3 is 2.74 bits per heavy atom. The van der Waals surface area contributed by atoms with E-state index in [4.69, 9.17) is 9.15 Å². The van der Waals surface area contributed by atoms with Crippen LogP contribution in [-0.2, 0) is 22.4 Å². The quantitative estimate of drug-likeness (QED) is 0.362. The molecular weight excluding hydrogens is 362 g/mol. The average molecular weight is 381 g/mol. The topological polar surface area (TPSA) is 69.4 Å². The van der Waals surface area contributed by atoms with Gasteiger partial charge in [-0.1, -0.05) is 36.0 Å². The molecule has 0 spiro atoms. The van der Waals surface area contributed by atoms with E-state index in [2.05, 4.69) is 4.98 Å². The zero-order valence-electron chi connectivity index (χ0n) is 14.8. The number of nitrogens with zero attached hydrogens (tertiary/aromatic N) is 1. The van der Waals surface area contributed by atoms with Crippen LogP contribution in [0.25, 0.3) is 11.1 Å². The number of carbonyl (C=O) groups is 2. The highest BCUT2D eigenvalue weighted by molar-refractivity contribution is 7.99. The Labute approximate surface area is 161 Å². The molecule has 2 aromatic carbocycles. The molecule has 0 amide bonds. The van der Waals surface area contributed by atoms with Crippen molar-refractivity contribution < 1.29 is 18.7 Å². The SMILES string of the molecule is O=C(CSc1nc2ccccc2o1)OCC(=O)c1ccc2c(c1)CCCC2. The van der Waals surface area contributed by atoms with Crippen molar-refractivity contribution in [2.24, 2.45) is 0 Å². The molecule has 3 aromatic rings. The van der Waals surface area contributed by atoms with Crippen molar-refractivity contribution in [3.8, 4) is 0 Å². The third-order valence-corrected chi connectivity index (χ3v) is 5.42. The van der Waals surface area contributed by atoms with E-state index in [-0.39, 0.29) is 18.1 Å². The number of carbonyl (C=O) groups excluding carboxylic acids is 2. The Hall–Kier alpha value is -2.60. The number of para-hydroxylation sites is 2. The number of esters is 1. The second kappa shape index (κ2) is 7.96. The van der Waals surface area contributed by atoms with Crippen molar-refractivity contribution in [3.63, 3.8) is 0 Å². The third kappa shape index (κ3) is 4.22. The summed E-state index contributed by atoms with van der Waals surface area (Å²) in [7, 11) is 0. The van der Waals surface area contributed by atoms with E-state index in [9.17, 15) is 9.59 Å². The van der Waals surface area contributed by atoms with Crippen LogP contribution in [0.2, 0.25) is 0 Å². The van der Waals surface area contributed by atoms with Crippen molar-refractivity contribution in [1.82, 2.24) is 4.98 Å². The number of fused-ring (bicyclic) bond motifs is 2. The van der Waals surface area contributed by atoms with Crippen molar-refractivity contribution in [1.29, 1.82) is 0 Å². The van der Waals surface area contributed by atoms with Crippen LogP contribution < -0.4 is 0 Å². The zero-order chi connectivity index (χ0) is 18.6. The number of ketones is 1. The average Bonchev–Trinajstić information content (AvgIpc) is 3.13. The first-order valence-electron chi connectivity index (χ1n) is 8.98. The maximum absolute atomic E-state index is 12.3. The van der Waals surface area contributed by atoms with E-state index in [1.165, 1.54) is 17.5 Å². The van der Waals surface area contributed by atoms with Gasteiger partial charge in [0.15, 0.2) is 18.0 Å². The molecule has 0 bridgehead atoms. The highest BCUT2D eigenvalue weighted by Crippen LogP contribution is 2.24. The molecular formula is C21H19NO4S. The minimum Gasteiger partial charge on any atom is -0.457 e. The van der Waals surface area contributed by atoms with Crippen molar-refractivity contribution >= 4 is 34.6 Å². The fourth-order valence-electron chi connectivity index (χ4n) is 3.21. The summed E-state index contributed by atoms with van der Waals surface area (Å²) in [4.78, 5) is 28.5. The molecule has 1 aliphatic rings. The molecule has 1 heterocycles. The molecule has 1 aliphatic carbocycles. The summed E-state index contributed by atoms with van der Waals surface area (Å²) in [5.41, 5.74) is 4.59. The van der Waals surface area contributed by atoms with Gasteiger partial charge in [0.05, 0.1) is 0 Å². The third-order valence-electron chi connectivity index (χ3n) is 4.62. The number of oxazole rings is 1. The molecule has 0 N–H and O–H groups in total. The van der Waals surface area contributed by atoms with Gasteiger partial charge in [0.25, 0.3) is 5.22 Å². The second-order valence-electron chi connectivity index (χ2n) is 6.51. The van der Waals surface area contributed by atoms with Crippen molar-refractivity contribution in [3.05, 3.63) is 59.2 Å². The predicted octanol–water partition coefficient (Wildman–Crippen LogP) is 4.22. The van der Waals surface area contributed by atoms with Crippen LogP contribution in [0.3, 0.4) is 0 Å². The molecule has 0 radical (unpaired) electrons. The Bertz CT molecular complexity index is 962. The zero-order valence-corrected chi connectivity index (χ0v) is 15.6. The first-order chi connectivity index (χ1) is 13.2. The Balaban J connectivity index is 1.29. The van der Waals surface area contributed by atoms with E-state index in [1.807, 2.05) is 42.5 Å². The summed E-state index contributed by atoms with van der Waals surface area (Å²) in [6.07, 6.45) is 4.45. The first-order valence-corrected chi connectivity index (χ1v) is 9.96. The van der Waals surface area contributed by atoms with Gasteiger partial charge in [-0.15, -0.1) is 0 Å². The normalized spacial score (nSPS) is 13.3. The Morgan fingerprint density at radius 2 is 1.89 bits per heavy atom. The van der Waals surface area contributed by atoms with Crippen LogP contribution in [0, 0.1) is 0 Å². The molecule has 27 heavy (non-hydrogen) atoms. The molecule has 4 rings (SSSR count). The highest BCUT2D eigenvalue weighted by Gasteiger charge is 2.15. The highest BCUT2D eigenvalue weighted by atomic mass is 32.2. The lowest BCUT2D eigenvalue weighted by Crippen LogP contribution is -2.16. The number of Topliss-reactive ketones (excluding diaryl/α,β-unsaturated/α-hetero) is 1.